The molecule has 20 heavy (non-hydrogen) atoms. The minimum Gasteiger partial charge on any atom is -0.305 e. The highest BCUT2D eigenvalue weighted by Crippen LogP contribution is 2.33. The Morgan fingerprint density at radius 3 is 2.75 bits per heavy atom. The van der Waals surface area contributed by atoms with E-state index in [-0.39, 0.29) is 12.1 Å². The lowest BCUT2D eigenvalue weighted by atomic mass is 10.0. The third-order valence-electron chi connectivity index (χ3n) is 3.07. The van der Waals surface area contributed by atoms with Gasteiger partial charge in [0.15, 0.2) is 0 Å². The van der Waals surface area contributed by atoms with Crippen LogP contribution in [0.2, 0.25) is 5.02 Å². The molecule has 0 aliphatic heterocycles. The maximum Gasteiger partial charge on any atom is 0.0775 e. The van der Waals surface area contributed by atoms with E-state index in [4.69, 9.17) is 11.6 Å². The van der Waals surface area contributed by atoms with Gasteiger partial charge in [-0.15, -0.1) is 0 Å². The highest BCUT2D eigenvalue weighted by molar-refractivity contribution is 9.10. The Balaban J connectivity index is 2.55. The first-order valence-electron chi connectivity index (χ1n) is 6.62. The van der Waals surface area contributed by atoms with Crippen LogP contribution in [0.5, 0.6) is 0 Å². The lowest BCUT2D eigenvalue weighted by Gasteiger charge is -2.23. The third-order valence-corrected chi connectivity index (χ3v) is 4.00. The van der Waals surface area contributed by atoms with Gasteiger partial charge in [0.05, 0.1) is 27.4 Å². The number of aromatic nitrogens is 3. The second-order valence-corrected chi connectivity index (χ2v) is 6.07. The van der Waals surface area contributed by atoms with Crippen LogP contribution in [0.25, 0.3) is 0 Å². The van der Waals surface area contributed by atoms with Crippen LogP contribution in [0, 0.1) is 0 Å². The average Bonchev–Trinajstić information content (AvgIpc) is 2.79. The Kier molecular flexibility index (Phi) is 5.18. The van der Waals surface area contributed by atoms with Crippen LogP contribution in [0.3, 0.4) is 0 Å². The largest absolute Gasteiger partial charge is 0.305 e. The van der Waals surface area contributed by atoms with E-state index in [0.717, 1.165) is 22.3 Å². The van der Waals surface area contributed by atoms with E-state index < -0.39 is 0 Å². The Bertz CT molecular complexity index is 582. The van der Waals surface area contributed by atoms with Crippen LogP contribution in [0.15, 0.2) is 29.1 Å². The number of hydrogen-bond donors (Lipinski definition) is 1. The summed E-state index contributed by atoms with van der Waals surface area (Å²) in [5, 5.41) is 8.57. The second kappa shape index (κ2) is 6.70. The van der Waals surface area contributed by atoms with Crippen LogP contribution >= 0.6 is 27.5 Å². The SMILES string of the molecule is CCNC(c1ccncc1Cl)c1c(Br)cnn1C(C)C. The van der Waals surface area contributed by atoms with E-state index in [9.17, 15) is 0 Å². The molecule has 4 nitrogen and oxygen atoms in total. The molecule has 0 fully saturated rings. The monoisotopic (exact) mass is 356 g/mol. The van der Waals surface area contributed by atoms with Crippen molar-refractivity contribution in [3.05, 3.63) is 45.4 Å². The van der Waals surface area contributed by atoms with Gasteiger partial charge in [0.2, 0.25) is 0 Å². The summed E-state index contributed by atoms with van der Waals surface area (Å²) in [5.74, 6) is 0. The van der Waals surface area contributed by atoms with Gasteiger partial charge in [-0.3, -0.25) is 9.67 Å². The standard InChI is InChI=1S/C14H18BrClN4/c1-4-18-13(10-5-6-17-8-12(10)16)14-11(15)7-19-20(14)9(2)3/h5-9,13,18H,4H2,1-3H3. The van der Waals surface area contributed by atoms with Gasteiger partial charge in [-0.05, 0) is 48.0 Å². The minimum absolute atomic E-state index is 0.0187. The number of nitrogens with one attached hydrogen (secondary N) is 1. The zero-order valence-corrected chi connectivity index (χ0v) is 14.1. The molecule has 0 aliphatic carbocycles. The summed E-state index contributed by atoms with van der Waals surface area (Å²) in [6.07, 6.45) is 5.26. The molecule has 2 heterocycles. The van der Waals surface area contributed by atoms with Crippen LogP contribution in [0.4, 0.5) is 0 Å². The van der Waals surface area contributed by atoms with E-state index in [1.807, 2.05) is 16.9 Å². The Labute approximate surface area is 132 Å². The Morgan fingerprint density at radius 1 is 1.40 bits per heavy atom. The molecule has 108 valence electrons. The fraction of sp³-hybridized carbons (Fsp3) is 0.429. The molecule has 0 spiro atoms. The van der Waals surface area contributed by atoms with Crippen molar-refractivity contribution >= 4 is 27.5 Å². The lowest BCUT2D eigenvalue weighted by molar-refractivity contribution is 0.475. The molecule has 0 radical (unpaired) electrons. The molecule has 0 aliphatic rings. The molecule has 2 aromatic rings. The molecule has 1 N–H and O–H groups in total. The molecule has 0 saturated carbocycles. The van der Waals surface area contributed by atoms with Crippen molar-refractivity contribution in [1.29, 1.82) is 0 Å². The van der Waals surface area contributed by atoms with Gasteiger partial charge in [-0.25, -0.2) is 0 Å². The van der Waals surface area contributed by atoms with E-state index in [0.29, 0.717) is 5.02 Å². The summed E-state index contributed by atoms with van der Waals surface area (Å²) >= 11 is 9.90. The van der Waals surface area contributed by atoms with Crippen molar-refractivity contribution in [2.24, 2.45) is 0 Å². The number of halogens is 2. The van der Waals surface area contributed by atoms with Crippen molar-refractivity contribution < 1.29 is 0 Å². The molecular formula is C14H18BrClN4. The maximum atomic E-state index is 6.31. The first-order chi connectivity index (χ1) is 9.56. The molecular weight excluding hydrogens is 340 g/mol. The van der Waals surface area contributed by atoms with E-state index >= 15 is 0 Å². The smallest absolute Gasteiger partial charge is 0.0775 e. The fourth-order valence-electron chi connectivity index (χ4n) is 2.21. The number of rotatable bonds is 5. The average molecular weight is 358 g/mol. The normalized spacial score (nSPS) is 12.9. The lowest BCUT2D eigenvalue weighted by Crippen LogP contribution is -2.26. The molecule has 0 saturated heterocycles. The summed E-state index contributed by atoms with van der Waals surface area (Å²) in [7, 11) is 0. The topological polar surface area (TPSA) is 42.7 Å². The Morgan fingerprint density at radius 2 is 2.15 bits per heavy atom. The van der Waals surface area contributed by atoms with Gasteiger partial charge >= 0.3 is 0 Å². The summed E-state index contributed by atoms with van der Waals surface area (Å²) in [6.45, 7) is 7.13. The number of hydrogen-bond acceptors (Lipinski definition) is 3. The maximum absolute atomic E-state index is 6.31. The summed E-state index contributed by atoms with van der Waals surface area (Å²) in [4.78, 5) is 4.05. The molecule has 0 aromatic carbocycles. The predicted octanol–water partition coefficient (Wildman–Crippen LogP) is 3.97. The zero-order chi connectivity index (χ0) is 14.7. The van der Waals surface area contributed by atoms with Crippen molar-refractivity contribution in [3.8, 4) is 0 Å². The first-order valence-corrected chi connectivity index (χ1v) is 7.79. The van der Waals surface area contributed by atoms with E-state index in [1.54, 1.807) is 12.4 Å². The molecule has 2 rings (SSSR count). The van der Waals surface area contributed by atoms with Crippen LogP contribution in [-0.4, -0.2) is 21.3 Å². The fourth-order valence-corrected chi connectivity index (χ4v) is 2.94. The molecule has 0 bridgehead atoms. The molecule has 1 unspecified atom stereocenters. The van der Waals surface area contributed by atoms with Gasteiger partial charge < -0.3 is 5.32 Å². The molecule has 6 heteroatoms. The van der Waals surface area contributed by atoms with Gasteiger partial charge in [-0.1, -0.05) is 18.5 Å². The van der Waals surface area contributed by atoms with Gasteiger partial charge in [0.25, 0.3) is 0 Å². The predicted molar refractivity (Wildman–Crippen MR) is 85.1 cm³/mol. The molecule has 1 atom stereocenters. The highest BCUT2D eigenvalue weighted by Gasteiger charge is 2.24. The van der Waals surface area contributed by atoms with Crippen LogP contribution < -0.4 is 5.32 Å². The van der Waals surface area contributed by atoms with Gasteiger partial charge in [0.1, 0.15) is 0 Å². The zero-order valence-electron chi connectivity index (χ0n) is 11.8. The summed E-state index contributed by atoms with van der Waals surface area (Å²) < 4.78 is 2.98. The van der Waals surface area contributed by atoms with E-state index in [1.165, 1.54) is 0 Å². The minimum atomic E-state index is -0.0187. The number of nitrogens with zero attached hydrogens (tertiary/aromatic N) is 3. The summed E-state index contributed by atoms with van der Waals surface area (Å²) in [5.41, 5.74) is 2.08. The molecule has 2 aromatic heterocycles. The Hall–Kier alpha value is -0.910. The third kappa shape index (κ3) is 3.05. The van der Waals surface area contributed by atoms with Crippen LogP contribution in [-0.2, 0) is 0 Å². The van der Waals surface area contributed by atoms with Crippen molar-refractivity contribution in [2.45, 2.75) is 32.9 Å². The van der Waals surface area contributed by atoms with Gasteiger partial charge in [0, 0.05) is 18.4 Å². The second-order valence-electron chi connectivity index (χ2n) is 4.80. The molecule has 0 amide bonds. The van der Waals surface area contributed by atoms with Crippen molar-refractivity contribution in [2.75, 3.05) is 6.54 Å². The number of pyridine rings is 1. The summed E-state index contributed by atoms with van der Waals surface area (Å²) in [6, 6.07) is 2.20. The van der Waals surface area contributed by atoms with Crippen molar-refractivity contribution in [3.63, 3.8) is 0 Å². The highest BCUT2D eigenvalue weighted by atomic mass is 79.9. The van der Waals surface area contributed by atoms with Crippen LogP contribution in [0.1, 0.15) is 44.1 Å². The first kappa shape index (κ1) is 15.5. The van der Waals surface area contributed by atoms with Crippen molar-refractivity contribution in [1.82, 2.24) is 20.1 Å². The van der Waals surface area contributed by atoms with E-state index in [2.05, 4.69) is 52.1 Å². The van der Waals surface area contributed by atoms with Gasteiger partial charge in [-0.2, -0.15) is 5.10 Å². The quantitative estimate of drug-likeness (QED) is 0.880.